The molecule has 3 rings (SSSR count). The van der Waals surface area contributed by atoms with Gasteiger partial charge in [0.05, 0.1) is 6.54 Å². The Kier molecular flexibility index (Phi) is 7.06. The summed E-state index contributed by atoms with van der Waals surface area (Å²) in [5.74, 6) is 1.01. The average Bonchev–Trinajstić information content (AvgIpc) is 3.40. The van der Waals surface area contributed by atoms with Crippen LogP contribution in [0.1, 0.15) is 25.7 Å². The molecule has 5 nitrogen and oxygen atoms in total. The van der Waals surface area contributed by atoms with E-state index in [9.17, 15) is 9.59 Å². The molecule has 24 heavy (non-hydrogen) atoms. The fourth-order valence-electron chi connectivity index (χ4n) is 2.97. The number of hydrogen-bond acceptors (Lipinski definition) is 3. The van der Waals surface area contributed by atoms with Crippen molar-refractivity contribution < 1.29 is 9.59 Å². The molecule has 0 atom stereocenters. The van der Waals surface area contributed by atoms with Crippen molar-refractivity contribution in [1.82, 2.24) is 10.2 Å². The lowest BCUT2D eigenvalue weighted by molar-refractivity contribution is -0.133. The molecule has 2 fully saturated rings. The highest BCUT2D eigenvalue weighted by molar-refractivity contribution is 5.92. The Hall–Kier alpha value is -1.59. The van der Waals surface area contributed by atoms with E-state index in [0.717, 1.165) is 31.0 Å². The Morgan fingerprint density at radius 2 is 1.71 bits per heavy atom. The molecule has 1 aromatic carbocycles. The predicted octanol–water partition coefficient (Wildman–Crippen LogP) is 2.29. The van der Waals surface area contributed by atoms with E-state index in [0.29, 0.717) is 19.6 Å². The van der Waals surface area contributed by atoms with Crippen LogP contribution >= 0.6 is 12.4 Å². The number of benzene rings is 1. The molecule has 1 saturated carbocycles. The normalized spacial score (nSPS) is 17.9. The van der Waals surface area contributed by atoms with Crippen LogP contribution in [0, 0.1) is 11.8 Å². The molecule has 1 saturated heterocycles. The summed E-state index contributed by atoms with van der Waals surface area (Å²) in [5.41, 5.74) is 0.834. The maximum absolute atomic E-state index is 12.3. The minimum absolute atomic E-state index is 0. The number of para-hydroxylation sites is 1. The molecular formula is C18H26ClN3O2. The minimum Gasteiger partial charge on any atom is -0.342 e. The second kappa shape index (κ2) is 9.04. The van der Waals surface area contributed by atoms with Gasteiger partial charge in [0.15, 0.2) is 0 Å². The van der Waals surface area contributed by atoms with Gasteiger partial charge in [-0.2, -0.15) is 0 Å². The molecule has 6 heteroatoms. The largest absolute Gasteiger partial charge is 0.342 e. The first kappa shape index (κ1) is 18.7. The Morgan fingerprint density at radius 3 is 2.33 bits per heavy atom. The second-order valence-electron chi connectivity index (χ2n) is 6.58. The van der Waals surface area contributed by atoms with E-state index in [1.807, 2.05) is 35.2 Å². The van der Waals surface area contributed by atoms with Crippen molar-refractivity contribution in [2.24, 2.45) is 11.8 Å². The molecule has 1 aromatic rings. The van der Waals surface area contributed by atoms with Gasteiger partial charge in [0.25, 0.3) is 0 Å². The average molecular weight is 352 g/mol. The van der Waals surface area contributed by atoms with E-state index in [4.69, 9.17) is 0 Å². The van der Waals surface area contributed by atoms with E-state index in [2.05, 4.69) is 10.6 Å². The fourth-order valence-corrected chi connectivity index (χ4v) is 2.97. The summed E-state index contributed by atoms with van der Waals surface area (Å²) in [5, 5.41) is 6.20. The van der Waals surface area contributed by atoms with Crippen molar-refractivity contribution in [2.45, 2.75) is 25.7 Å². The smallest absolute Gasteiger partial charge is 0.236 e. The molecule has 132 valence electrons. The number of rotatable bonds is 6. The highest BCUT2D eigenvalue weighted by atomic mass is 35.5. The predicted molar refractivity (Wildman–Crippen MR) is 97.2 cm³/mol. The van der Waals surface area contributed by atoms with Crippen LogP contribution < -0.4 is 10.6 Å². The van der Waals surface area contributed by atoms with Crippen molar-refractivity contribution in [3.8, 4) is 0 Å². The highest BCUT2D eigenvalue weighted by Gasteiger charge is 2.27. The van der Waals surface area contributed by atoms with Crippen LogP contribution in [0.2, 0.25) is 0 Å². The number of nitrogens with zero attached hydrogens (tertiary/aromatic N) is 1. The number of carbonyl (C=O) groups is 2. The van der Waals surface area contributed by atoms with Gasteiger partial charge in [-0.25, -0.2) is 0 Å². The summed E-state index contributed by atoms with van der Waals surface area (Å²) in [4.78, 5) is 26.3. The number of likely N-dealkylation sites (tertiary alicyclic amines) is 1. The number of anilines is 1. The van der Waals surface area contributed by atoms with E-state index in [-0.39, 0.29) is 30.1 Å². The zero-order valence-corrected chi connectivity index (χ0v) is 14.7. The van der Waals surface area contributed by atoms with Gasteiger partial charge in [-0.05, 0) is 50.3 Å². The second-order valence-corrected chi connectivity index (χ2v) is 6.58. The number of nitrogens with one attached hydrogen (secondary N) is 2. The van der Waals surface area contributed by atoms with E-state index in [1.165, 1.54) is 12.8 Å². The van der Waals surface area contributed by atoms with E-state index in [1.54, 1.807) is 0 Å². The Morgan fingerprint density at radius 1 is 1.04 bits per heavy atom. The zero-order chi connectivity index (χ0) is 16.1. The van der Waals surface area contributed by atoms with Crippen LogP contribution in [0.4, 0.5) is 5.69 Å². The van der Waals surface area contributed by atoms with Gasteiger partial charge in [-0.15, -0.1) is 12.4 Å². The Bertz CT molecular complexity index is 540. The number of piperidine rings is 1. The van der Waals surface area contributed by atoms with Gasteiger partial charge < -0.3 is 15.5 Å². The van der Waals surface area contributed by atoms with Crippen LogP contribution in [0.5, 0.6) is 0 Å². The molecule has 1 aliphatic carbocycles. The van der Waals surface area contributed by atoms with Crippen LogP contribution in [0.25, 0.3) is 0 Å². The summed E-state index contributed by atoms with van der Waals surface area (Å²) in [7, 11) is 0. The monoisotopic (exact) mass is 351 g/mol. The highest BCUT2D eigenvalue weighted by Crippen LogP contribution is 2.27. The van der Waals surface area contributed by atoms with Crippen molar-refractivity contribution in [3.05, 3.63) is 30.3 Å². The lowest BCUT2D eigenvalue weighted by Crippen LogP contribution is -2.45. The maximum Gasteiger partial charge on any atom is 0.236 e. The molecule has 0 spiro atoms. The van der Waals surface area contributed by atoms with Crippen LogP contribution in [-0.4, -0.2) is 42.9 Å². The number of carbonyl (C=O) groups excluding carboxylic acids is 2. The molecule has 0 bridgehead atoms. The minimum atomic E-state index is -0.00122. The van der Waals surface area contributed by atoms with Gasteiger partial charge in [0.2, 0.25) is 11.8 Å². The SMILES string of the molecule is Cl.O=C(Nc1ccccc1)C1CCN(C(=O)CNCC2CC2)CC1. The maximum atomic E-state index is 12.3. The molecule has 2 amide bonds. The lowest BCUT2D eigenvalue weighted by Gasteiger charge is -2.31. The summed E-state index contributed by atoms with van der Waals surface area (Å²) < 4.78 is 0. The first-order chi connectivity index (χ1) is 11.2. The van der Waals surface area contributed by atoms with Crippen LogP contribution in [0.15, 0.2) is 30.3 Å². The molecule has 0 radical (unpaired) electrons. The molecule has 1 aliphatic heterocycles. The summed E-state index contributed by atoms with van der Waals surface area (Å²) in [6, 6.07) is 9.53. The third-order valence-electron chi connectivity index (χ3n) is 4.67. The van der Waals surface area contributed by atoms with Crippen molar-refractivity contribution in [3.63, 3.8) is 0 Å². The molecule has 0 unspecified atom stereocenters. The number of hydrogen-bond donors (Lipinski definition) is 2. The Balaban J connectivity index is 0.00000208. The zero-order valence-electron chi connectivity index (χ0n) is 13.9. The van der Waals surface area contributed by atoms with Gasteiger partial charge in [0.1, 0.15) is 0 Å². The molecule has 1 heterocycles. The lowest BCUT2D eigenvalue weighted by atomic mass is 9.95. The van der Waals surface area contributed by atoms with Crippen molar-refractivity contribution in [1.29, 1.82) is 0 Å². The molecule has 0 aromatic heterocycles. The Labute approximate surface area is 149 Å². The molecule has 2 aliphatic rings. The van der Waals surface area contributed by atoms with E-state index >= 15 is 0 Å². The fraction of sp³-hybridized carbons (Fsp3) is 0.556. The first-order valence-corrected chi connectivity index (χ1v) is 8.57. The van der Waals surface area contributed by atoms with Crippen molar-refractivity contribution in [2.75, 3.05) is 31.5 Å². The quantitative estimate of drug-likeness (QED) is 0.826. The van der Waals surface area contributed by atoms with Gasteiger partial charge in [0, 0.05) is 24.7 Å². The van der Waals surface area contributed by atoms with Gasteiger partial charge in [-0.3, -0.25) is 9.59 Å². The van der Waals surface area contributed by atoms with Crippen LogP contribution in [0.3, 0.4) is 0 Å². The van der Waals surface area contributed by atoms with E-state index < -0.39 is 0 Å². The summed E-state index contributed by atoms with van der Waals surface area (Å²) in [6.07, 6.45) is 4.08. The third kappa shape index (κ3) is 5.49. The standard InChI is InChI=1S/C18H25N3O2.ClH/c22-17(13-19-12-14-6-7-14)21-10-8-15(9-11-21)18(23)20-16-4-2-1-3-5-16;/h1-5,14-15,19H,6-13H2,(H,20,23);1H. The summed E-state index contributed by atoms with van der Waals surface area (Å²) >= 11 is 0. The van der Waals surface area contributed by atoms with Crippen LogP contribution in [-0.2, 0) is 9.59 Å². The summed E-state index contributed by atoms with van der Waals surface area (Å²) in [6.45, 7) is 2.74. The molecular weight excluding hydrogens is 326 g/mol. The first-order valence-electron chi connectivity index (χ1n) is 8.57. The third-order valence-corrected chi connectivity index (χ3v) is 4.67. The number of amides is 2. The topological polar surface area (TPSA) is 61.4 Å². The van der Waals surface area contributed by atoms with Gasteiger partial charge in [-0.1, -0.05) is 18.2 Å². The van der Waals surface area contributed by atoms with Gasteiger partial charge >= 0.3 is 0 Å². The number of halogens is 1. The molecule has 2 N–H and O–H groups in total. The van der Waals surface area contributed by atoms with Crippen molar-refractivity contribution >= 4 is 29.9 Å².